The lowest BCUT2D eigenvalue weighted by molar-refractivity contribution is 0.179. The van der Waals surface area contributed by atoms with Crippen LogP contribution >= 0.6 is 0 Å². The van der Waals surface area contributed by atoms with E-state index < -0.39 is 0 Å². The first-order chi connectivity index (χ1) is 5.45. The quantitative estimate of drug-likeness (QED) is 0.567. The topological polar surface area (TPSA) is 15.3 Å². The molecular weight excluding hydrogens is 136 g/mol. The first-order valence-electron chi connectivity index (χ1n) is 4.93. The third-order valence-corrected chi connectivity index (χ3v) is 2.97. The SMILES string of the molecule is C1CNN2CCCC(C1)CC2. The van der Waals surface area contributed by atoms with Crippen molar-refractivity contribution in [2.45, 2.75) is 32.1 Å². The molecule has 0 amide bonds. The first-order valence-corrected chi connectivity index (χ1v) is 4.93. The third-order valence-electron chi connectivity index (χ3n) is 2.97. The van der Waals surface area contributed by atoms with Crippen LogP contribution in [0.1, 0.15) is 32.1 Å². The van der Waals surface area contributed by atoms with Gasteiger partial charge in [0.2, 0.25) is 0 Å². The van der Waals surface area contributed by atoms with Gasteiger partial charge in [0.15, 0.2) is 0 Å². The minimum atomic E-state index is 1.04. The van der Waals surface area contributed by atoms with Gasteiger partial charge in [-0.15, -0.1) is 0 Å². The van der Waals surface area contributed by atoms with E-state index in [0.717, 1.165) is 5.92 Å². The average molecular weight is 154 g/mol. The summed E-state index contributed by atoms with van der Waals surface area (Å²) in [4.78, 5) is 0. The second kappa shape index (κ2) is 3.55. The summed E-state index contributed by atoms with van der Waals surface area (Å²) in [5.41, 5.74) is 3.48. The summed E-state index contributed by atoms with van der Waals surface area (Å²) in [6.45, 7) is 3.76. The molecule has 11 heavy (non-hydrogen) atoms. The highest BCUT2D eigenvalue weighted by Crippen LogP contribution is 2.22. The molecule has 0 radical (unpaired) electrons. The van der Waals surface area contributed by atoms with Crippen molar-refractivity contribution in [2.75, 3.05) is 19.6 Å². The van der Waals surface area contributed by atoms with Crippen LogP contribution in [0.25, 0.3) is 0 Å². The van der Waals surface area contributed by atoms with Crippen molar-refractivity contribution >= 4 is 0 Å². The van der Waals surface area contributed by atoms with Crippen LogP contribution in [0.2, 0.25) is 0 Å². The normalized spacial score (nSPS) is 39.3. The summed E-state index contributed by atoms with van der Waals surface area (Å²) < 4.78 is 0. The lowest BCUT2D eigenvalue weighted by Gasteiger charge is -2.24. The molecule has 64 valence electrons. The predicted molar refractivity (Wildman–Crippen MR) is 46.2 cm³/mol. The molecule has 0 aromatic carbocycles. The Balaban J connectivity index is 1.97. The predicted octanol–water partition coefficient (Wildman–Crippen LogP) is 1.39. The zero-order valence-electron chi connectivity index (χ0n) is 7.18. The molecule has 0 spiro atoms. The van der Waals surface area contributed by atoms with Crippen LogP contribution < -0.4 is 5.43 Å². The monoisotopic (exact) mass is 154 g/mol. The minimum absolute atomic E-state index is 1.04. The highest BCUT2D eigenvalue weighted by atomic mass is 15.5. The largest absolute Gasteiger partial charge is 0.255 e. The van der Waals surface area contributed by atoms with Crippen LogP contribution in [0.3, 0.4) is 0 Å². The smallest absolute Gasteiger partial charge is 0.0133 e. The number of rotatable bonds is 0. The molecule has 2 fully saturated rings. The molecule has 2 aliphatic rings. The van der Waals surface area contributed by atoms with Crippen molar-refractivity contribution in [3.8, 4) is 0 Å². The van der Waals surface area contributed by atoms with Crippen molar-refractivity contribution in [3.05, 3.63) is 0 Å². The van der Waals surface area contributed by atoms with Crippen molar-refractivity contribution in [2.24, 2.45) is 5.92 Å². The lowest BCUT2D eigenvalue weighted by atomic mass is 9.95. The summed E-state index contributed by atoms with van der Waals surface area (Å²) in [6.07, 6.45) is 7.13. The Bertz CT molecular complexity index is 107. The Morgan fingerprint density at radius 3 is 2.91 bits per heavy atom. The lowest BCUT2D eigenvalue weighted by Crippen LogP contribution is -2.40. The van der Waals surface area contributed by atoms with E-state index in [2.05, 4.69) is 10.4 Å². The van der Waals surface area contributed by atoms with Crippen molar-refractivity contribution in [3.63, 3.8) is 0 Å². The molecule has 2 atom stereocenters. The van der Waals surface area contributed by atoms with E-state index in [0.29, 0.717) is 0 Å². The maximum absolute atomic E-state index is 3.48. The van der Waals surface area contributed by atoms with Gasteiger partial charge in [0.25, 0.3) is 0 Å². The van der Waals surface area contributed by atoms with Gasteiger partial charge in [-0.05, 0) is 38.0 Å². The molecule has 2 aliphatic heterocycles. The van der Waals surface area contributed by atoms with Gasteiger partial charge in [-0.2, -0.15) is 0 Å². The number of hydrazine groups is 1. The van der Waals surface area contributed by atoms with Crippen molar-refractivity contribution in [1.29, 1.82) is 0 Å². The van der Waals surface area contributed by atoms with Gasteiger partial charge >= 0.3 is 0 Å². The number of nitrogens with one attached hydrogen (secondary N) is 1. The number of hydrogen-bond acceptors (Lipinski definition) is 2. The van der Waals surface area contributed by atoms with Gasteiger partial charge in [-0.25, -0.2) is 5.01 Å². The van der Waals surface area contributed by atoms with E-state index in [-0.39, 0.29) is 0 Å². The fourth-order valence-electron chi connectivity index (χ4n) is 2.24. The molecule has 0 aromatic rings. The Hall–Kier alpha value is -0.0800. The molecule has 2 saturated heterocycles. The van der Waals surface area contributed by atoms with Gasteiger partial charge in [-0.3, -0.25) is 5.43 Å². The highest BCUT2D eigenvalue weighted by molar-refractivity contribution is 4.71. The number of nitrogens with zero attached hydrogens (tertiary/aromatic N) is 1. The third kappa shape index (κ3) is 1.94. The molecular formula is C9H18N2. The second-order valence-corrected chi connectivity index (χ2v) is 3.83. The van der Waals surface area contributed by atoms with Crippen LogP contribution in [-0.4, -0.2) is 24.6 Å². The van der Waals surface area contributed by atoms with E-state index >= 15 is 0 Å². The van der Waals surface area contributed by atoms with Crippen molar-refractivity contribution in [1.82, 2.24) is 10.4 Å². The fraction of sp³-hybridized carbons (Fsp3) is 1.00. The Labute approximate surface area is 68.9 Å². The van der Waals surface area contributed by atoms with Gasteiger partial charge in [0, 0.05) is 19.6 Å². The van der Waals surface area contributed by atoms with E-state index in [1.54, 1.807) is 0 Å². The van der Waals surface area contributed by atoms with Gasteiger partial charge in [0.1, 0.15) is 0 Å². The second-order valence-electron chi connectivity index (χ2n) is 3.83. The molecule has 0 aliphatic carbocycles. The van der Waals surface area contributed by atoms with E-state index in [9.17, 15) is 0 Å². The zero-order chi connectivity index (χ0) is 7.52. The summed E-state index contributed by atoms with van der Waals surface area (Å²) in [5.74, 6) is 1.04. The average Bonchev–Trinajstić information content (AvgIpc) is 2.11. The first kappa shape index (κ1) is 7.56. The summed E-state index contributed by atoms with van der Waals surface area (Å²) in [6, 6.07) is 0. The molecule has 2 bridgehead atoms. The van der Waals surface area contributed by atoms with E-state index in [1.807, 2.05) is 0 Å². The zero-order valence-corrected chi connectivity index (χ0v) is 7.18. The molecule has 2 heterocycles. The summed E-state index contributed by atoms with van der Waals surface area (Å²) in [7, 11) is 0. The van der Waals surface area contributed by atoms with Crippen LogP contribution in [0.5, 0.6) is 0 Å². The highest BCUT2D eigenvalue weighted by Gasteiger charge is 2.18. The molecule has 1 N–H and O–H groups in total. The number of hydrogen-bond donors (Lipinski definition) is 1. The number of fused-ring (bicyclic) bond motifs is 3. The molecule has 0 aromatic heterocycles. The van der Waals surface area contributed by atoms with E-state index in [1.165, 1.54) is 51.7 Å². The summed E-state index contributed by atoms with van der Waals surface area (Å²) in [5, 5.41) is 2.42. The van der Waals surface area contributed by atoms with Gasteiger partial charge in [0.05, 0.1) is 0 Å². The minimum Gasteiger partial charge on any atom is -0.255 e. The van der Waals surface area contributed by atoms with Crippen LogP contribution in [-0.2, 0) is 0 Å². The van der Waals surface area contributed by atoms with E-state index in [4.69, 9.17) is 0 Å². The van der Waals surface area contributed by atoms with Gasteiger partial charge in [-0.1, -0.05) is 0 Å². The molecule has 2 heteroatoms. The Kier molecular flexibility index (Phi) is 2.44. The maximum atomic E-state index is 3.48. The standard InChI is InChI=1S/C9H18N2/c1-3-9-4-2-7-11(8-5-9)10-6-1/h9-10H,1-8H2. The molecule has 2 unspecified atom stereocenters. The van der Waals surface area contributed by atoms with Crippen molar-refractivity contribution < 1.29 is 0 Å². The molecule has 2 rings (SSSR count). The molecule has 2 nitrogen and oxygen atoms in total. The fourth-order valence-corrected chi connectivity index (χ4v) is 2.24. The van der Waals surface area contributed by atoms with Crippen LogP contribution in [0, 0.1) is 5.92 Å². The maximum Gasteiger partial charge on any atom is 0.0133 e. The Morgan fingerprint density at radius 2 is 1.91 bits per heavy atom. The Morgan fingerprint density at radius 1 is 1.00 bits per heavy atom. The summed E-state index contributed by atoms with van der Waals surface area (Å²) >= 11 is 0. The molecule has 0 saturated carbocycles. The van der Waals surface area contributed by atoms with Gasteiger partial charge < -0.3 is 0 Å². The van der Waals surface area contributed by atoms with Crippen LogP contribution in [0.4, 0.5) is 0 Å². The van der Waals surface area contributed by atoms with Crippen LogP contribution in [0.15, 0.2) is 0 Å².